The molecular weight excluding hydrogens is 278 g/mol. The molecule has 0 amide bonds. The van der Waals surface area contributed by atoms with Gasteiger partial charge in [-0.1, -0.05) is 13.8 Å². The molecule has 1 aliphatic carbocycles. The predicted molar refractivity (Wildman–Crippen MR) is 91.7 cm³/mol. The van der Waals surface area contributed by atoms with Gasteiger partial charge in [-0.2, -0.15) is 0 Å². The Balaban J connectivity index is 1.75. The highest BCUT2D eigenvalue weighted by Gasteiger charge is 2.25. The number of ether oxygens (including phenoxy) is 1. The Morgan fingerprint density at radius 3 is 2.52 bits per heavy atom. The van der Waals surface area contributed by atoms with E-state index in [0.717, 1.165) is 25.0 Å². The number of rotatable bonds is 5. The number of nitrogens with one attached hydrogen (secondary N) is 1. The fourth-order valence-corrected chi connectivity index (χ4v) is 3.68. The van der Waals surface area contributed by atoms with Crippen LogP contribution in [-0.4, -0.2) is 11.6 Å². The molecule has 1 aliphatic rings. The summed E-state index contributed by atoms with van der Waals surface area (Å²) in [5.41, 5.74) is 0.176. The van der Waals surface area contributed by atoms with Crippen molar-refractivity contribution in [1.29, 1.82) is 0 Å². The van der Waals surface area contributed by atoms with Crippen molar-refractivity contribution in [2.45, 2.75) is 78.7 Å². The molecule has 2 nitrogen and oxygen atoms in total. The van der Waals surface area contributed by atoms with E-state index in [-0.39, 0.29) is 5.54 Å². The van der Waals surface area contributed by atoms with Gasteiger partial charge in [-0.25, -0.2) is 0 Å². The molecule has 3 heteroatoms. The van der Waals surface area contributed by atoms with E-state index in [4.69, 9.17) is 4.74 Å². The van der Waals surface area contributed by atoms with Gasteiger partial charge in [0.2, 0.25) is 0 Å². The van der Waals surface area contributed by atoms with E-state index >= 15 is 0 Å². The fraction of sp³-hybridized carbons (Fsp3) is 0.778. The van der Waals surface area contributed by atoms with E-state index in [0.29, 0.717) is 6.10 Å². The van der Waals surface area contributed by atoms with Crippen molar-refractivity contribution in [3.8, 4) is 0 Å². The zero-order chi connectivity index (χ0) is 15.5. The molecule has 0 saturated heterocycles. The molecule has 0 radical (unpaired) electrons. The molecule has 0 aromatic carbocycles. The first kappa shape index (κ1) is 17.0. The minimum absolute atomic E-state index is 0.176. The van der Waals surface area contributed by atoms with Gasteiger partial charge in [0.1, 0.15) is 0 Å². The first-order valence-corrected chi connectivity index (χ1v) is 9.09. The first-order chi connectivity index (χ1) is 9.83. The molecular formula is C18H31NOS. The zero-order valence-corrected chi connectivity index (χ0v) is 15.1. The summed E-state index contributed by atoms with van der Waals surface area (Å²) in [6.07, 6.45) is 4.24. The van der Waals surface area contributed by atoms with Gasteiger partial charge in [0.15, 0.2) is 0 Å². The van der Waals surface area contributed by atoms with E-state index in [1.165, 1.54) is 29.0 Å². The Morgan fingerprint density at radius 2 is 1.86 bits per heavy atom. The highest BCUT2D eigenvalue weighted by molar-refractivity contribution is 7.11. The normalized spacial score (nSPS) is 27.0. The molecule has 0 bridgehead atoms. The quantitative estimate of drug-likeness (QED) is 0.828. The van der Waals surface area contributed by atoms with Crippen molar-refractivity contribution >= 4 is 11.3 Å². The molecule has 1 heterocycles. The Morgan fingerprint density at radius 1 is 1.14 bits per heavy atom. The van der Waals surface area contributed by atoms with E-state index in [9.17, 15) is 0 Å². The van der Waals surface area contributed by atoms with Gasteiger partial charge in [-0.05, 0) is 64.0 Å². The molecule has 1 saturated carbocycles. The van der Waals surface area contributed by atoms with Crippen LogP contribution in [0.2, 0.25) is 0 Å². The second-order valence-corrected chi connectivity index (χ2v) is 8.93. The average molecular weight is 310 g/mol. The highest BCUT2D eigenvalue weighted by Crippen LogP contribution is 2.31. The van der Waals surface area contributed by atoms with Gasteiger partial charge >= 0.3 is 0 Å². The zero-order valence-electron chi connectivity index (χ0n) is 14.2. The summed E-state index contributed by atoms with van der Waals surface area (Å²) in [6.45, 7) is 13.1. The summed E-state index contributed by atoms with van der Waals surface area (Å²) in [7, 11) is 0. The minimum Gasteiger partial charge on any atom is -0.373 e. The van der Waals surface area contributed by atoms with Crippen molar-refractivity contribution in [1.82, 2.24) is 5.32 Å². The third-order valence-corrected chi connectivity index (χ3v) is 5.58. The lowest BCUT2D eigenvalue weighted by atomic mass is 9.80. The Bertz CT molecular complexity index is 435. The van der Waals surface area contributed by atoms with Crippen LogP contribution in [0.5, 0.6) is 0 Å². The minimum atomic E-state index is 0.176. The number of hydrogen-bond donors (Lipinski definition) is 1. The second kappa shape index (κ2) is 7.26. The summed E-state index contributed by atoms with van der Waals surface area (Å²) in [4.78, 5) is 2.75. The van der Waals surface area contributed by atoms with Crippen LogP contribution in [-0.2, 0) is 17.9 Å². The Labute approximate surface area is 134 Å². The molecule has 3 atom stereocenters. The molecule has 0 spiro atoms. The molecule has 0 aliphatic heterocycles. The molecule has 120 valence electrons. The average Bonchev–Trinajstić information content (AvgIpc) is 2.85. The number of hydrogen-bond acceptors (Lipinski definition) is 3. The van der Waals surface area contributed by atoms with Crippen molar-refractivity contribution in [2.24, 2.45) is 11.8 Å². The van der Waals surface area contributed by atoms with Crippen LogP contribution in [0.1, 0.15) is 63.6 Å². The molecule has 1 N–H and O–H groups in total. The van der Waals surface area contributed by atoms with Crippen LogP contribution >= 0.6 is 11.3 Å². The third kappa shape index (κ3) is 5.72. The van der Waals surface area contributed by atoms with Gasteiger partial charge in [0, 0.05) is 21.8 Å². The second-order valence-electron chi connectivity index (χ2n) is 7.67. The van der Waals surface area contributed by atoms with Gasteiger partial charge < -0.3 is 10.1 Å². The largest absolute Gasteiger partial charge is 0.373 e. The lowest BCUT2D eigenvalue weighted by molar-refractivity contribution is -0.00633. The van der Waals surface area contributed by atoms with Crippen molar-refractivity contribution in [2.75, 3.05) is 0 Å². The Kier molecular flexibility index (Phi) is 5.87. The van der Waals surface area contributed by atoms with E-state index in [2.05, 4.69) is 52.1 Å². The molecule has 3 unspecified atom stereocenters. The maximum Gasteiger partial charge on any atom is 0.0813 e. The molecule has 1 aromatic rings. The lowest BCUT2D eigenvalue weighted by Gasteiger charge is -2.31. The maximum atomic E-state index is 6.14. The summed E-state index contributed by atoms with van der Waals surface area (Å²) in [5, 5.41) is 3.54. The summed E-state index contributed by atoms with van der Waals surface area (Å²) < 4.78 is 6.14. The van der Waals surface area contributed by atoms with Crippen LogP contribution in [0, 0.1) is 11.8 Å². The summed E-state index contributed by atoms with van der Waals surface area (Å²) in [6, 6.07) is 4.45. The van der Waals surface area contributed by atoms with Gasteiger partial charge in [0.25, 0.3) is 0 Å². The summed E-state index contributed by atoms with van der Waals surface area (Å²) in [5.74, 6) is 1.67. The molecule has 2 rings (SSSR count). The van der Waals surface area contributed by atoms with E-state index in [1.807, 2.05) is 11.3 Å². The third-order valence-electron chi connectivity index (χ3n) is 4.52. The van der Waals surface area contributed by atoms with Gasteiger partial charge in [-0.15, -0.1) is 11.3 Å². The van der Waals surface area contributed by atoms with Crippen LogP contribution in [0.4, 0.5) is 0 Å². The van der Waals surface area contributed by atoms with Crippen molar-refractivity contribution in [3.05, 3.63) is 21.9 Å². The van der Waals surface area contributed by atoms with Crippen molar-refractivity contribution < 1.29 is 4.74 Å². The smallest absolute Gasteiger partial charge is 0.0813 e. The summed E-state index contributed by atoms with van der Waals surface area (Å²) >= 11 is 1.88. The molecule has 1 fully saturated rings. The Hall–Kier alpha value is -0.380. The van der Waals surface area contributed by atoms with Crippen LogP contribution in [0.15, 0.2) is 12.1 Å². The topological polar surface area (TPSA) is 21.3 Å². The van der Waals surface area contributed by atoms with Crippen LogP contribution in [0.25, 0.3) is 0 Å². The van der Waals surface area contributed by atoms with Crippen molar-refractivity contribution in [3.63, 3.8) is 0 Å². The molecule has 21 heavy (non-hydrogen) atoms. The first-order valence-electron chi connectivity index (χ1n) is 8.27. The predicted octanol–water partition coefficient (Wildman–Crippen LogP) is 4.98. The van der Waals surface area contributed by atoms with Gasteiger partial charge in [0.05, 0.1) is 12.7 Å². The maximum absolute atomic E-state index is 6.14. The monoisotopic (exact) mass is 309 g/mol. The fourth-order valence-electron chi connectivity index (χ4n) is 2.80. The van der Waals surface area contributed by atoms with Crippen LogP contribution < -0.4 is 5.32 Å². The standard InChI is InChI=1S/C18H31NOS/c1-13-6-7-15(10-14(13)2)20-12-17-9-8-16(21-17)11-19-18(3,4)5/h8-9,13-15,19H,6-7,10-12H2,1-5H3. The van der Waals surface area contributed by atoms with E-state index in [1.54, 1.807) is 0 Å². The van der Waals surface area contributed by atoms with Crippen LogP contribution in [0.3, 0.4) is 0 Å². The van der Waals surface area contributed by atoms with E-state index < -0.39 is 0 Å². The number of thiophene rings is 1. The lowest BCUT2D eigenvalue weighted by Crippen LogP contribution is -2.34. The SMILES string of the molecule is CC1CCC(OCc2ccc(CNC(C)(C)C)s2)CC1C. The molecule has 1 aromatic heterocycles. The van der Waals surface area contributed by atoms with Gasteiger partial charge in [-0.3, -0.25) is 0 Å². The highest BCUT2D eigenvalue weighted by atomic mass is 32.1.